The predicted molar refractivity (Wildman–Crippen MR) is 187 cm³/mol. The minimum absolute atomic E-state index is 0.000849. The van der Waals surface area contributed by atoms with E-state index in [4.69, 9.17) is 23.7 Å². The Bertz CT molecular complexity index is 1360. The van der Waals surface area contributed by atoms with Gasteiger partial charge in [0.2, 0.25) is 0 Å². The number of Topliss-reactive ketones (excluding diaryl/α,β-unsaturated/α-hetero) is 1. The fourth-order valence-corrected chi connectivity index (χ4v) is 8.04. The molecule has 0 amide bonds. The average molecular weight is 721 g/mol. The molecule has 4 N–H and O–H groups in total. The molecule has 0 saturated carbocycles. The van der Waals surface area contributed by atoms with Crippen LogP contribution in [0.2, 0.25) is 0 Å². The van der Waals surface area contributed by atoms with Crippen LogP contribution in [-0.2, 0) is 38.1 Å². The average Bonchev–Trinajstić information content (AvgIpc) is 3.01. The molecule has 51 heavy (non-hydrogen) atoms. The topological polar surface area (TPSA) is 178 Å². The summed E-state index contributed by atoms with van der Waals surface area (Å²) >= 11 is 0. The summed E-state index contributed by atoms with van der Waals surface area (Å²) in [6.07, 6.45) is 3.99. The standard InChI is InChI=1S/C39H60O12/c1-23-11-31-20-29(42)19-28(41)17-27(24(2)40)18-32-14-26(16-35(44)48-8)21-38(45,50-32)36(3,4)10-9-30-12-25(15-34(43)47-7)13-33(49-30)22-39(46,51-31)37(23,5)6/h9-10,15-16,23-24,27,29-33,40,42,45-46H,11-14,17-22H2,1-8H3/b10-9+,25-15+,26-16+/t23-,24+,27+,29-,30-,31-,32-,33-,38+,39-/m0/s1. The molecule has 0 aromatic carbocycles. The molecule has 6 bridgehead atoms. The van der Waals surface area contributed by atoms with E-state index in [2.05, 4.69) is 0 Å². The molecule has 4 heterocycles. The maximum atomic E-state index is 13.3. The Morgan fingerprint density at radius 1 is 0.863 bits per heavy atom. The smallest absolute Gasteiger partial charge is 0.330 e. The normalized spacial score (nSPS) is 40.5. The maximum absolute atomic E-state index is 13.3. The molecule has 4 aliphatic heterocycles. The Hall–Kier alpha value is -2.45. The lowest BCUT2D eigenvalue weighted by Crippen LogP contribution is -2.59. The second-order valence-electron chi connectivity index (χ2n) is 16.5. The largest absolute Gasteiger partial charge is 0.466 e. The summed E-state index contributed by atoms with van der Waals surface area (Å²) in [4.78, 5) is 38.0. The summed E-state index contributed by atoms with van der Waals surface area (Å²) in [7, 11) is 2.59. The first-order valence-electron chi connectivity index (χ1n) is 18.3. The number of hydrogen-bond acceptors (Lipinski definition) is 12. The van der Waals surface area contributed by atoms with E-state index < -0.39 is 76.9 Å². The van der Waals surface area contributed by atoms with Crippen molar-refractivity contribution < 1.29 is 58.5 Å². The first kappa shape index (κ1) is 41.3. The number of ketones is 1. The molecule has 0 spiro atoms. The lowest BCUT2D eigenvalue weighted by molar-refractivity contribution is -0.339. The van der Waals surface area contributed by atoms with Crippen LogP contribution in [0.5, 0.6) is 0 Å². The molecule has 0 aromatic heterocycles. The number of esters is 2. The van der Waals surface area contributed by atoms with Crippen molar-refractivity contribution in [1.82, 2.24) is 0 Å². The molecule has 3 fully saturated rings. The third-order valence-electron chi connectivity index (χ3n) is 11.9. The highest BCUT2D eigenvalue weighted by molar-refractivity contribution is 5.83. The van der Waals surface area contributed by atoms with Gasteiger partial charge in [-0.2, -0.15) is 0 Å². The monoisotopic (exact) mass is 720 g/mol. The number of ether oxygens (including phenoxy) is 5. The molecule has 12 nitrogen and oxygen atoms in total. The Morgan fingerprint density at radius 3 is 2.10 bits per heavy atom. The van der Waals surface area contributed by atoms with Gasteiger partial charge in [0.25, 0.3) is 0 Å². The van der Waals surface area contributed by atoms with E-state index >= 15 is 0 Å². The number of hydrogen-bond donors (Lipinski definition) is 4. The first-order valence-corrected chi connectivity index (χ1v) is 18.3. The van der Waals surface area contributed by atoms with Crippen molar-refractivity contribution >= 4 is 17.7 Å². The van der Waals surface area contributed by atoms with Gasteiger partial charge in [-0.25, -0.2) is 9.59 Å². The van der Waals surface area contributed by atoms with Gasteiger partial charge < -0.3 is 44.1 Å². The molecule has 10 atom stereocenters. The van der Waals surface area contributed by atoms with Crippen LogP contribution in [-0.4, -0.2) is 101 Å². The van der Waals surface area contributed by atoms with E-state index in [0.29, 0.717) is 24.8 Å². The molecule has 0 unspecified atom stereocenters. The van der Waals surface area contributed by atoms with Crippen LogP contribution in [0.4, 0.5) is 0 Å². The zero-order valence-electron chi connectivity index (χ0n) is 31.6. The van der Waals surface area contributed by atoms with Crippen molar-refractivity contribution in [2.75, 3.05) is 14.2 Å². The minimum atomic E-state index is -1.81. The lowest BCUT2D eigenvalue weighted by atomic mass is 9.66. The number of rotatable bonds is 3. The fourth-order valence-electron chi connectivity index (χ4n) is 8.04. The SMILES string of the molecule is COC(=O)/C=C1/C[C@H]2C[C@]3(O)O[C@H](C[C@@H](O)CC(=O)C[C@@H]([C@@H](C)O)C[C@@H]4C/C(=C\C(=O)OC)C[C@@](O)(O4)C(C)(C)/C=C/[C@@H](C1)O2)C[C@H](C)C3(C)C. The quantitative estimate of drug-likeness (QED) is 0.186. The molecule has 0 aliphatic carbocycles. The minimum Gasteiger partial charge on any atom is -0.466 e. The number of aliphatic hydroxyl groups is 4. The fraction of sp³-hybridized carbons (Fsp3) is 0.769. The van der Waals surface area contributed by atoms with Gasteiger partial charge in [0, 0.05) is 55.1 Å². The predicted octanol–water partition coefficient (Wildman–Crippen LogP) is 4.21. The van der Waals surface area contributed by atoms with Gasteiger partial charge in [0.15, 0.2) is 11.6 Å². The van der Waals surface area contributed by atoms with Crippen LogP contribution in [0.1, 0.15) is 106 Å². The van der Waals surface area contributed by atoms with Gasteiger partial charge in [-0.05, 0) is 50.9 Å². The summed E-state index contributed by atoms with van der Waals surface area (Å²) in [5.74, 6) is -5.35. The Morgan fingerprint density at radius 2 is 1.47 bits per heavy atom. The van der Waals surface area contributed by atoms with Gasteiger partial charge in [-0.1, -0.05) is 57.9 Å². The van der Waals surface area contributed by atoms with Crippen LogP contribution < -0.4 is 0 Å². The van der Waals surface area contributed by atoms with E-state index in [1.165, 1.54) is 26.4 Å². The summed E-state index contributed by atoms with van der Waals surface area (Å²) in [5, 5.41) is 46.3. The number of carbonyl (C=O) groups is 3. The van der Waals surface area contributed by atoms with E-state index in [9.17, 15) is 34.8 Å². The Labute approximate surface area is 302 Å². The summed E-state index contributed by atoms with van der Waals surface area (Å²) in [5.41, 5.74) is -0.396. The zero-order valence-corrected chi connectivity index (χ0v) is 31.6. The van der Waals surface area contributed by atoms with Crippen molar-refractivity contribution in [3.05, 3.63) is 35.5 Å². The summed E-state index contributed by atoms with van der Waals surface area (Å²) in [6, 6.07) is 0. The number of methoxy groups -OCH3 is 2. The molecule has 288 valence electrons. The van der Waals surface area contributed by atoms with Gasteiger partial charge in [0.1, 0.15) is 5.78 Å². The third-order valence-corrected chi connectivity index (χ3v) is 11.9. The molecule has 12 heteroatoms. The molecule has 4 rings (SSSR count). The molecular weight excluding hydrogens is 660 g/mol. The summed E-state index contributed by atoms with van der Waals surface area (Å²) in [6.45, 7) is 11.1. The van der Waals surface area contributed by atoms with E-state index in [0.717, 1.165) is 5.57 Å². The zero-order chi connectivity index (χ0) is 37.9. The van der Waals surface area contributed by atoms with Crippen molar-refractivity contribution in [1.29, 1.82) is 0 Å². The molecule has 4 aliphatic rings. The van der Waals surface area contributed by atoms with E-state index in [1.54, 1.807) is 26.8 Å². The Kier molecular flexibility index (Phi) is 13.2. The van der Waals surface area contributed by atoms with Crippen LogP contribution >= 0.6 is 0 Å². The second-order valence-corrected chi connectivity index (χ2v) is 16.5. The maximum Gasteiger partial charge on any atom is 0.330 e. The highest BCUT2D eigenvalue weighted by Crippen LogP contribution is 2.51. The van der Waals surface area contributed by atoms with Crippen molar-refractivity contribution in [2.45, 2.75) is 154 Å². The number of aliphatic hydroxyl groups excluding tert-OH is 2. The lowest BCUT2D eigenvalue weighted by Gasteiger charge is -2.54. The van der Waals surface area contributed by atoms with E-state index in [-0.39, 0.29) is 56.6 Å². The van der Waals surface area contributed by atoms with Crippen molar-refractivity contribution in [3.63, 3.8) is 0 Å². The van der Waals surface area contributed by atoms with E-state index in [1.807, 2.05) is 26.8 Å². The second kappa shape index (κ2) is 16.3. The van der Waals surface area contributed by atoms with Crippen molar-refractivity contribution in [2.24, 2.45) is 22.7 Å². The molecular formula is C39H60O12. The molecule has 3 saturated heterocycles. The number of carbonyl (C=O) groups excluding carboxylic acids is 3. The number of fused-ring (bicyclic) bond motifs is 6. The van der Waals surface area contributed by atoms with Crippen LogP contribution in [0.25, 0.3) is 0 Å². The third kappa shape index (κ3) is 9.96. The highest BCUT2D eigenvalue weighted by Gasteiger charge is 2.55. The van der Waals surface area contributed by atoms with Gasteiger partial charge >= 0.3 is 11.9 Å². The van der Waals surface area contributed by atoms with Crippen LogP contribution in [0.15, 0.2) is 35.5 Å². The first-order chi connectivity index (χ1) is 23.7. The van der Waals surface area contributed by atoms with Gasteiger partial charge in [-0.15, -0.1) is 0 Å². The van der Waals surface area contributed by atoms with Gasteiger partial charge in [-0.3, -0.25) is 4.79 Å². The highest BCUT2D eigenvalue weighted by atomic mass is 16.6. The van der Waals surface area contributed by atoms with Crippen LogP contribution in [0.3, 0.4) is 0 Å². The summed E-state index contributed by atoms with van der Waals surface area (Å²) < 4.78 is 29.2. The molecule has 0 radical (unpaired) electrons. The van der Waals surface area contributed by atoms with Gasteiger partial charge in [0.05, 0.1) is 50.8 Å². The van der Waals surface area contributed by atoms with Crippen LogP contribution in [0, 0.1) is 22.7 Å². The van der Waals surface area contributed by atoms with Crippen molar-refractivity contribution in [3.8, 4) is 0 Å². The Balaban J connectivity index is 1.78. The molecule has 0 aromatic rings.